The van der Waals surface area contributed by atoms with Crippen molar-refractivity contribution < 1.29 is 23.5 Å². The van der Waals surface area contributed by atoms with Gasteiger partial charge in [0.05, 0.1) is 0 Å². The lowest BCUT2D eigenvalue weighted by molar-refractivity contribution is -0.136. The van der Waals surface area contributed by atoms with E-state index in [0.717, 1.165) is 16.5 Å². The van der Waals surface area contributed by atoms with Crippen LogP contribution in [-0.4, -0.2) is 30.1 Å². The van der Waals surface area contributed by atoms with Crippen LogP contribution in [0.15, 0.2) is 57.7 Å². The van der Waals surface area contributed by atoms with Crippen molar-refractivity contribution in [1.29, 1.82) is 0 Å². The maximum absolute atomic E-state index is 12.9. The van der Waals surface area contributed by atoms with Crippen molar-refractivity contribution in [3.63, 3.8) is 0 Å². The number of nitrogens with one attached hydrogen (secondary N) is 1. The summed E-state index contributed by atoms with van der Waals surface area (Å²) in [6.07, 6.45) is 1.59. The van der Waals surface area contributed by atoms with Gasteiger partial charge in [0.25, 0.3) is 0 Å². The van der Waals surface area contributed by atoms with Gasteiger partial charge in [-0.05, 0) is 55.5 Å². The van der Waals surface area contributed by atoms with Crippen molar-refractivity contribution in [3.8, 4) is 5.75 Å². The molecular formula is C24H25NO6S. The third-order valence-electron chi connectivity index (χ3n) is 4.93. The number of aryl methyl sites for hydroxylation is 2. The minimum Gasteiger partial charge on any atom is -0.445 e. The van der Waals surface area contributed by atoms with E-state index >= 15 is 0 Å². The number of rotatable bonds is 8. The molecule has 168 valence electrons. The summed E-state index contributed by atoms with van der Waals surface area (Å²) in [4.78, 5) is 36.9. The molecule has 0 bridgehead atoms. The van der Waals surface area contributed by atoms with Gasteiger partial charge in [0.2, 0.25) is 0 Å². The average Bonchev–Trinajstić information content (AvgIpc) is 2.78. The molecule has 3 aromatic rings. The Bertz CT molecular complexity index is 1160. The Morgan fingerprint density at radius 3 is 2.59 bits per heavy atom. The first-order valence-electron chi connectivity index (χ1n) is 10.1. The fourth-order valence-electron chi connectivity index (χ4n) is 3.18. The Labute approximate surface area is 190 Å². The molecule has 0 radical (unpaired) electrons. The number of carbonyl (C=O) groups excluding carboxylic acids is 2. The van der Waals surface area contributed by atoms with Crippen LogP contribution in [-0.2, 0) is 16.1 Å². The molecule has 0 fully saturated rings. The normalized spacial score (nSPS) is 11.7. The van der Waals surface area contributed by atoms with Gasteiger partial charge < -0.3 is 19.2 Å². The van der Waals surface area contributed by atoms with Gasteiger partial charge in [-0.15, -0.1) is 0 Å². The fraction of sp³-hybridized carbons (Fsp3) is 0.292. The third-order valence-corrected chi connectivity index (χ3v) is 5.57. The Hall–Kier alpha value is -3.26. The highest BCUT2D eigenvalue weighted by molar-refractivity contribution is 7.98. The molecule has 3 rings (SSSR count). The number of alkyl carbamates (subject to hydrolysis) is 1. The number of thioether (sulfide) groups is 1. The Morgan fingerprint density at radius 1 is 1.12 bits per heavy atom. The molecule has 0 spiro atoms. The zero-order chi connectivity index (χ0) is 23.1. The molecule has 0 aliphatic rings. The van der Waals surface area contributed by atoms with Crippen LogP contribution in [0.2, 0.25) is 0 Å². The van der Waals surface area contributed by atoms with Gasteiger partial charge in [0.15, 0.2) is 0 Å². The predicted molar refractivity (Wildman–Crippen MR) is 124 cm³/mol. The summed E-state index contributed by atoms with van der Waals surface area (Å²) >= 11 is 1.55. The highest BCUT2D eigenvalue weighted by Gasteiger charge is 2.24. The third kappa shape index (κ3) is 5.91. The molecule has 8 heteroatoms. The summed E-state index contributed by atoms with van der Waals surface area (Å²) in [5.41, 5.74) is 2.05. The van der Waals surface area contributed by atoms with Crippen LogP contribution in [0.5, 0.6) is 5.75 Å². The number of amides is 1. The highest BCUT2D eigenvalue weighted by Crippen LogP contribution is 2.28. The van der Waals surface area contributed by atoms with E-state index in [0.29, 0.717) is 23.3 Å². The molecular weight excluding hydrogens is 430 g/mol. The molecule has 1 heterocycles. The zero-order valence-electron chi connectivity index (χ0n) is 18.2. The summed E-state index contributed by atoms with van der Waals surface area (Å²) in [5, 5.41) is 3.36. The first-order chi connectivity index (χ1) is 15.4. The molecule has 1 N–H and O–H groups in total. The smallest absolute Gasteiger partial charge is 0.408 e. The molecule has 0 unspecified atom stereocenters. The molecule has 32 heavy (non-hydrogen) atoms. The average molecular weight is 456 g/mol. The Kier molecular flexibility index (Phi) is 7.94. The van der Waals surface area contributed by atoms with Crippen molar-refractivity contribution in [2.45, 2.75) is 32.9 Å². The van der Waals surface area contributed by atoms with Crippen LogP contribution in [0.4, 0.5) is 4.79 Å². The number of ether oxygens (including phenoxy) is 2. The van der Waals surface area contributed by atoms with Crippen LogP contribution in [0.3, 0.4) is 0 Å². The number of carbonyl (C=O) groups is 2. The van der Waals surface area contributed by atoms with Crippen molar-refractivity contribution in [2.24, 2.45) is 0 Å². The molecule has 2 aromatic carbocycles. The predicted octanol–water partition coefficient (Wildman–Crippen LogP) is 4.36. The van der Waals surface area contributed by atoms with E-state index in [2.05, 4.69) is 5.32 Å². The summed E-state index contributed by atoms with van der Waals surface area (Å²) < 4.78 is 16.1. The SMILES string of the molecule is CSCC[C@@H](NC(=O)OCc1ccccc1)C(=O)Oc1ccc2c(C)cc(=O)oc2c1C. The van der Waals surface area contributed by atoms with Crippen LogP contribution < -0.4 is 15.7 Å². The van der Waals surface area contributed by atoms with Crippen molar-refractivity contribution >= 4 is 34.8 Å². The summed E-state index contributed by atoms with van der Waals surface area (Å²) in [6.45, 7) is 3.62. The zero-order valence-corrected chi connectivity index (χ0v) is 19.0. The number of esters is 1. The van der Waals surface area contributed by atoms with Crippen molar-refractivity contribution in [1.82, 2.24) is 5.32 Å². The van der Waals surface area contributed by atoms with Gasteiger partial charge >= 0.3 is 17.7 Å². The Morgan fingerprint density at radius 2 is 1.88 bits per heavy atom. The van der Waals surface area contributed by atoms with Crippen LogP contribution >= 0.6 is 11.8 Å². The molecule has 7 nitrogen and oxygen atoms in total. The highest BCUT2D eigenvalue weighted by atomic mass is 32.2. The van der Waals surface area contributed by atoms with E-state index < -0.39 is 23.7 Å². The van der Waals surface area contributed by atoms with Gasteiger partial charge in [-0.3, -0.25) is 0 Å². The second kappa shape index (κ2) is 10.9. The minimum atomic E-state index is -0.884. The number of hydrogen-bond acceptors (Lipinski definition) is 7. The van der Waals surface area contributed by atoms with Crippen LogP contribution in [0, 0.1) is 13.8 Å². The first-order valence-corrected chi connectivity index (χ1v) is 11.5. The lowest BCUT2D eigenvalue weighted by Gasteiger charge is -2.18. The number of fused-ring (bicyclic) bond motifs is 1. The fourth-order valence-corrected chi connectivity index (χ4v) is 3.65. The summed E-state index contributed by atoms with van der Waals surface area (Å²) in [6, 6.07) is 13.2. The van der Waals surface area contributed by atoms with Crippen LogP contribution in [0.25, 0.3) is 11.0 Å². The maximum atomic E-state index is 12.9. The molecule has 0 saturated heterocycles. The number of benzene rings is 2. The van der Waals surface area contributed by atoms with E-state index in [-0.39, 0.29) is 12.4 Å². The molecule has 0 aliphatic heterocycles. The standard InChI is InChI=1S/C24H25NO6S/c1-15-13-21(26)31-22-16(2)20(10-9-18(15)22)30-23(27)19(11-12-32-3)25-24(28)29-14-17-7-5-4-6-8-17/h4-10,13,19H,11-12,14H2,1-3H3,(H,25,28)/t19-/m1/s1. The van der Waals surface area contributed by atoms with Gasteiger partial charge in [0, 0.05) is 17.0 Å². The summed E-state index contributed by atoms with van der Waals surface area (Å²) in [7, 11) is 0. The number of hydrogen-bond donors (Lipinski definition) is 1. The van der Waals surface area contributed by atoms with Crippen molar-refractivity contribution in [3.05, 3.63) is 75.6 Å². The summed E-state index contributed by atoms with van der Waals surface area (Å²) in [5.74, 6) is 0.293. The van der Waals surface area contributed by atoms with Gasteiger partial charge in [-0.1, -0.05) is 30.3 Å². The quantitative estimate of drug-likeness (QED) is 0.306. The van der Waals surface area contributed by atoms with E-state index in [9.17, 15) is 14.4 Å². The van der Waals surface area contributed by atoms with Gasteiger partial charge in [-0.2, -0.15) is 11.8 Å². The minimum absolute atomic E-state index is 0.0964. The van der Waals surface area contributed by atoms with Gasteiger partial charge in [0.1, 0.15) is 24.0 Å². The molecule has 1 amide bonds. The van der Waals surface area contributed by atoms with Crippen LogP contribution in [0.1, 0.15) is 23.1 Å². The Balaban J connectivity index is 1.72. The molecule has 1 aromatic heterocycles. The van der Waals surface area contributed by atoms with Crippen molar-refractivity contribution in [2.75, 3.05) is 12.0 Å². The van der Waals surface area contributed by atoms with E-state index in [1.807, 2.05) is 43.5 Å². The van der Waals surface area contributed by atoms with Gasteiger partial charge in [-0.25, -0.2) is 14.4 Å². The largest absolute Gasteiger partial charge is 0.445 e. The monoisotopic (exact) mass is 455 g/mol. The second-order valence-electron chi connectivity index (χ2n) is 7.28. The lowest BCUT2D eigenvalue weighted by Crippen LogP contribution is -2.43. The lowest BCUT2D eigenvalue weighted by atomic mass is 10.1. The molecule has 0 saturated carbocycles. The molecule has 1 atom stereocenters. The topological polar surface area (TPSA) is 94.8 Å². The van der Waals surface area contributed by atoms with E-state index in [1.165, 1.54) is 6.07 Å². The van der Waals surface area contributed by atoms with E-state index in [4.69, 9.17) is 13.9 Å². The second-order valence-corrected chi connectivity index (χ2v) is 8.26. The first kappa shape index (κ1) is 23.4. The van der Waals surface area contributed by atoms with E-state index in [1.54, 1.807) is 30.8 Å². The molecule has 0 aliphatic carbocycles. The maximum Gasteiger partial charge on any atom is 0.408 e.